The van der Waals surface area contributed by atoms with Crippen molar-refractivity contribution in [2.45, 2.75) is 6.18 Å². The Kier molecular flexibility index (Phi) is 3.67. The molecule has 19 heavy (non-hydrogen) atoms. The zero-order chi connectivity index (χ0) is 14.0. The van der Waals surface area contributed by atoms with Gasteiger partial charge in [-0.2, -0.15) is 13.2 Å². The molecule has 0 bridgehead atoms. The minimum absolute atomic E-state index is 0.165. The van der Waals surface area contributed by atoms with Crippen molar-refractivity contribution in [3.8, 4) is 0 Å². The van der Waals surface area contributed by atoms with Gasteiger partial charge >= 0.3 is 6.18 Å². The Hall–Kier alpha value is -1.74. The van der Waals surface area contributed by atoms with E-state index in [0.717, 1.165) is 0 Å². The van der Waals surface area contributed by atoms with E-state index in [4.69, 9.17) is 11.6 Å². The Morgan fingerprint density at radius 1 is 1.32 bits per heavy atom. The van der Waals surface area contributed by atoms with Crippen LogP contribution in [0, 0.1) is 0 Å². The topological polar surface area (TPSA) is 67.8 Å². The largest absolute Gasteiger partial charge is 0.445 e. The highest BCUT2D eigenvalue weighted by Gasteiger charge is 2.36. The van der Waals surface area contributed by atoms with E-state index in [1.54, 1.807) is 0 Å². The average molecular weight is 309 g/mol. The molecule has 0 aliphatic carbocycles. The Bertz CT molecular complexity index is 598. The van der Waals surface area contributed by atoms with Crippen molar-refractivity contribution in [3.63, 3.8) is 0 Å². The van der Waals surface area contributed by atoms with E-state index in [1.165, 1.54) is 18.3 Å². The smallest absolute Gasteiger partial charge is 0.318 e. The molecule has 5 nitrogen and oxygen atoms in total. The van der Waals surface area contributed by atoms with Crippen LogP contribution in [-0.2, 0) is 6.18 Å². The summed E-state index contributed by atoms with van der Waals surface area (Å²) in [4.78, 5) is 15.3. The summed E-state index contributed by atoms with van der Waals surface area (Å²) in [6.45, 7) is 0. The third-order valence-electron chi connectivity index (χ3n) is 1.85. The van der Waals surface area contributed by atoms with E-state index in [9.17, 15) is 18.0 Å². The molecule has 10 heteroatoms. The average Bonchev–Trinajstić information content (AvgIpc) is 2.81. The molecule has 0 radical (unpaired) electrons. The molecule has 1 amide bonds. The lowest BCUT2D eigenvalue weighted by molar-refractivity contribution is -0.138. The van der Waals surface area contributed by atoms with Crippen LogP contribution < -0.4 is 5.32 Å². The number of nitrogens with zero attached hydrogens (tertiary/aromatic N) is 3. The molecule has 2 heterocycles. The molecule has 0 unspecified atom stereocenters. The first-order valence-corrected chi connectivity index (χ1v) is 5.89. The molecule has 0 atom stereocenters. The van der Waals surface area contributed by atoms with E-state index in [0.29, 0.717) is 0 Å². The monoisotopic (exact) mass is 308 g/mol. The van der Waals surface area contributed by atoms with Crippen molar-refractivity contribution in [2.24, 2.45) is 0 Å². The number of pyridine rings is 1. The molecule has 0 aromatic carbocycles. The summed E-state index contributed by atoms with van der Waals surface area (Å²) in [6, 6.07) is 2.89. The van der Waals surface area contributed by atoms with E-state index >= 15 is 0 Å². The third kappa shape index (κ3) is 3.38. The number of rotatable bonds is 2. The molecule has 2 aromatic heterocycles. The van der Waals surface area contributed by atoms with Gasteiger partial charge in [0.15, 0.2) is 0 Å². The Morgan fingerprint density at radius 3 is 2.58 bits per heavy atom. The standard InChI is InChI=1S/C9H4ClF3N4OS/c10-5-2-1-4(3-14-5)15-6(18)7-16-17-8(19-7)9(11,12)13/h1-3H,(H,15,18). The van der Waals surface area contributed by atoms with Gasteiger partial charge in [-0.05, 0) is 12.1 Å². The van der Waals surface area contributed by atoms with Gasteiger partial charge < -0.3 is 5.32 Å². The maximum Gasteiger partial charge on any atom is 0.445 e. The predicted octanol–water partition coefficient (Wildman–Crippen LogP) is 2.86. The lowest BCUT2D eigenvalue weighted by Crippen LogP contribution is -2.11. The lowest BCUT2D eigenvalue weighted by Gasteiger charge is -2.01. The second-order valence-corrected chi connectivity index (χ2v) is 4.60. The number of halogens is 4. The fourth-order valence-corrected chi connectivity index (χ4v) is 1.78. The summed E-state index contributed by atoms with van der Waals surface area (Å²) in [7, 11) is 0. The minimum Gasteiger partial charge on any atom is -0.318 e. The number of hydrogen-bond acceptors (Lipinski definition) is 5. The Labute approximate surface area is 113 Å². The number of hydrogen-bond donors (Lipinski definition) is 1. The van der Waals surface area contributed by atoms with Crippen molar-refractivity contribution in [1.29, 1.82) is 0 Å². The molecule has 2 aromatic rings. The van der Waals surface area contributed by atoms with Crippen LogP contribution in [0.25, 0.3) is 0 Å². The van der Waals surface area contributed by atoms with E-state index < -0.39 is 17.1 Å². The molecule has 0 fully saturated rings. The first-order chi connectivity index (χ1) is 8.86. The van der Waals surface area contributed by atoms with Crippen molar-refractivity contribution in [3.05, 3.63) is 33.5 Å². The van der Waals surface area contributed by atoms with Crippen LogP contribution in [0.4, 0.5) is 18.9 Å². The lowest BCUT2D eigenvalue weighted by atomic mass is 10.4. The number of carbonyl (C=O) groups is 1. The van der Waals surface area contributed by atoms with E-state index in [2.05, 4.69) is 20.5 Å². The number of nitrogens with one attached hydrogen (secondary N) is 1. The molecule has 0 saturated heterocycles. The third-order valence-corrected chi connectivity index (χ3v) is 3.04. The van der Waals surface area contributed by atoms with Gasteiger partial charge in [0, 0.05) is 0 Å². The molecule has 0 aliphatic rings. The van der Waals surface area contributed by atoms with Gasteiger partial charge in [0.05, 0.1) is 11.9 Å². The second kappa shape index (κ2) is 5.10. The summed E-state index contributed by atoms with van der Waals surface area (Å²) < 4.78 is 36.9. The highest BCUT2D eigenvalue weighted by molar-refractivity contribution is 7.13. The van der Waals surface area contributed by atoms with E-state index in [1.807, 2.05) is 0 Å². The number of alkyl halides is 3. The van der Waals surface area contributed by atoms with Gasteiger partial charge in [-0.15, -0.1) is 10.2 Å². The van der Waals surface area contributed by atoms with Crippen LogP contribution in [-0.4, -0.2) is 21.1 Å². The van der Waals surface area contributed by atoms with Gasteiger partial charge in [-0.25, -0.2) is 4.98 Å². The fourth-order valence-electron chi connectivity index (χ4n) is 1.06. The predicted molar refractivity (Wildman–Crippen MR) is 62.1 cm³/mol. The van der Waals surface area contributed by atoms with Gasteiger partial charge in [0.2, 0.25) is 10.0 Å². The Morgan fingerprint density at radius 2 is 2.05 bits per heavy atom. The first kappa shape index (κ1) is 13.7. The van der Waals surface area contributed by atoms with Crippen LogP contribution in [0.1, 0.15) is 14.8 Å². The van der Waals surface area contributed by atoms with Crippen molar-refractivity contribution in [1.82, 2.24) is 15.2 Å². The van der Waals surface area contributed by atoms with Crippen LogP contribution >= 0.6 is 22.9 Å². The van der Waals surface area contributed by atoms with Gasteiger partial charge in [-0.1, -0.05) is 22.9 Å². The van der Waals surface area contributed by atoms with Crippen molar-refractivity contribution >= 4 is 34.5 Å². The summed E-state index contributed by atoms with van der Waals surface area (Å²) >= 11 is 5.71. The number of anilines is 1. The van der Waals surface area contributed by atoms with Crippen LogP contribution in [0.2, 0.25) is 5.15 Å². The molecule has 1 N–H and O–H groups in total. The van der Waals surface area contributed by atoms with Crippen molar-refractivity contribution < 1.29 is 18.0 Å². The minimum atomic E-state index is -4.61. The van der Waals surface area contributed by atoms with E-state index in [-0.39, 0.29) is 27.2 Å². The summed E-state index contributed by atoms with van der Waals surface area (Å²) in [6.07, 6.45) is -3.34. The number of aromatic nitrogens is 3. The highest BCUT2D eigenvalue weighted by Crippen LogP contribution is 2.31. The maximum atomic E-state index is 12.3. The molecule has 0 aliphatic heterocycles. The zero-order valence-electron chi connectivity index (χ0n) is 8.90. The SMILES string of the molecule is O=C(Nc1ccc(Cl)nc1)c1nnc(C(F)(F)F)s1. The van der Waals surface area contributed by atoms with Crippen LogP contribution in [0.5, 0.6) is 0 Å². The fraction of sp³-hybridized carbons (Fsp3) is 0.111. The molecular formula is C9H4ClF3N4OS. The zero-order valence-corrected chi connectivity index (χ0v) is 10.5. The second-order valence-electron chi connectivity index (χ2n) is 3.23. The molecular weight excluding hydrogens is 305 g/mol. The number of carbonyl (C=O) groups excluding carboxylic acids is 1. The molecule has 0 spiro atoms. The van der Waals surface area contributed by atoms with Gasteiger partial charge in [0.25, 0.3) is 5.91 Å². The summed E-state index contributed by atoms with van der Waals surface area (Å²) in [5.41, 5.74) is 0.290. The maximum absolute atomic E-state index is 12.3. The normalized spacial score (nSPS) is 11.4. The van der Waals surface area contributed by atoms with Crippen LogP contribution in [0.3, 0.4) is 0 Å². The first-order valence-electron chi connectivity index (χ1n) is 4.70. The number of amides is 1. The Balaban J connectivity index is 2.12. The van der Waals surface area contributed by atoms with Crippen LogP contribution in [0.15, 0.2) is 18.3 Å². The molecule has 0 saturated carbocycles. The van der Waals surface area contributed by atoms with Gasteiger partial charge in [-0.3, -0.25) is 4.79 Å². The van der Waals surface area contributed by atoms with Gasteiger partial charge in [0.1, 0.15) is 5.15 Å². The molecule has 100 valence electrons. The molecule has 2 rings (SSSR count). The summed E-state index contributed by atoms with van der Waals surface area (Å²) in [5, 5.41) is 7.10. The highest BCUT2D eigenvalue weighted by atomic mass is 35.5. The van der Waals surface area contributed by atoms with Crippen molar-refractivity contribution in [2.75, 3.05) is 5.32 Å². The summed E-state index contributed by atoms with van der Waals surface area (Å²) in [5.74, 6) is -0.794. The quantitative estimate of drug-likeness (QED) is 0.866.